The zero-order valence-electron chi connectivity index (χ0n) is 13.8. The summed E-state index contributed by atoms with van der Waals surface area (Å²) >= 11 is 0. The van der Waals surface area contributed by atoms with Crippen molar-refractivity contribution in [1.29, 1.82) is 0 Å². The Morgan fingerprint density at radius 1 is 1.19 bits per heavy atom. The third-order valence-electron chi connectivity index (χ3n) is 5.92. The van der Waals surface area contributed by atoms with Gasteiger partial charge in [0.1, 0.15) is 11.7 Å². The van der Waals surface area contributed by atoms with Crippen LogP contribution in [0.15, 0.2) is 0 Å². The van der Waals surface area contributed by atoms with E-state index in [2.05, 4.69) is 20.8 Å². The average Bonchev–Trinajstić information content (AvgIpc) is 3.13. The molecular formula is C18H30O3. The summed E-state index contributed by atoms with van der Waals surface area (Å²) in [6.07, 6.45) is 9.07. The molecule has 3 nitrogen and oxygen atoms in total. The summed E-state index contributed by atoms with van der Waals surface area (Å²) in [6, 6.07) is 0. The fraction of sp³-hybridized carbons (Fsp3) is 0.944. The molecule has 120 valence electrons. The largest absolute Gasteiger partial charge is 0.460 e. The number of esters is 1. The molecule has 4 atom stereocenters. The molecule has 0 aromatic heterocycles. The lowest BCUT2D eigenvalue weighted by atomic mass is 9.75. The van der Waals surface area contributed by atoms with Crippen LogP contribution in [0.1, 0.15) is 72.1 Å². The Morgan fingerprint density at radius 2 is 1.90 bits per heavy atom. The minimum absolute atomic E-state index is 0.0818. The van der Waals surface area contributed by atoms with Crippen molar-refractivity contribution in [3.63, 3.8) is 0 Å². The molecule has 2 saturated carbocycles. The highest BCUT2D eigenvalue weighted by Crippen LogP contribution is 2.49. The predicted molar refractivity (Wildman–Crippen MR) is 81.9 cm³/mol. The van der Waals surface area contributed by atoms with Gasteiger partial charge in [-0.3, -0.25) is 0 Å². The molecule has 1 heterocycles. The first-order chi connectivity index (χ1) is 10.0. The molecule has 0 unspecified atom stereocenters. The van der Waals surface area contributed by atoms with Crippen LogP contribution in [0.5, 0.6) is 0 Å². The Morgan fingerprint density at radius 3 is 2.57 bits per heavy atom. The summed E-state index contributed by atoms with van der Waals surface area (Å²) in [5.41, 5.74) is -0.136. The Labute approximate surface area is 128 Å². The molecule has 1 spiro atoms. The molecular weight excluding hydrogens is 264 g/mol. The Bertz CT molecular complexity index is 384. The second-order valence-electron chi connectivity index (χ2n) is 7.92. The summed E-state index contributed by atoms with van der Waals surface area (Å²) in [5.74, 6) is 1.69. The van der Waals surface area contributed by atoms with E-state index in [-0.39, 0.29) is 23.8 Å². The minimum Gasteiger partial charge on any atom is -0.460 e. The molecule has 3 fully saturated rings. The fourth-order valence-electron chi connectivity index (χ4n) is 4.46. The summed E-state index contributed by atoms with van der Waals surface area (Å²) < 4.78 is 11.7. The van der Waals surface area contributed by atoms with Crippen molar-refractivity contribution in [3.8, 4) is 0 Å². The van der Waals surface area contributed by atoms with Crippen molar-refractivity contribution in [1.82, 2.24) is 0 Å². The molecule has 0 bridgehead atoms. The van der Waals surface area contributed by atoms with E-state index >= 15 is 0 Å². The standard InChI is InChI=1S/C18H30O3/c1-12(2)14-8-7-13(3)11-15(14)20-17(19)16-18(21-16)9-5-4-6-10-18/h12-16H,4-11H2,1-3H3/t13-,14+,15-,16+/m1/s1. The van der Waals surface area contributed by atoms with Gasteiger partial charge in [-0.05, 0) is 43.4 Å². The van der Waals surface area contributed by atoms with Crippen molar-refractivity contribution in [2.75, 3.05) is 0 Å². The van der Waals surface area contributed by atoms with Crippen molar-refractivity contribution in [2.45, 2.75) is 89.9 Å². The van der Waals surface area contributed by atoms with Gasteiger partial charge in [-0.1, -0.05) is 46.5 Å². The zero-order chi connectivity index (χ0) is 15.0. The quantitative estimate of drug-likeness (QED) is 0.581. The van der Waals surface area contributed by atoms with Gasteiger partial charge in [0.25, 0.3) is 0 Å². The highest BCUT2D eigenvalue weighted by atomic mass is 16.7. The van der Waals surface area contributed by atoms with Gasteiger partial charge in [0.15, 0.2) is 6.10 Å². The van der Waals surface area contributed by atoms with Gasteiger partial charge < -0.3 is 9.47 Å². The molecule has 3 heteroatoms. The highest BCUT2D eigenvalue weighted by Gasteiger charge is 2.61. The third kappa shape index (κ3) is 3.13. The molecule has 3 rings (SSSR count). The first-order valence-electron chi connectivity index (χ1n) is 8.90. The van der Waals surface area contributed by atoms with Gasteiger partial charge >= 0.3 is 5.97 Å². The highest BCUT2D eigenvalue weighted by molar-refractivity contribution is 5.79. The predicted octanol–water partition coefficient (Wildman–Crippen LogP) is 4.09. The molecule has 1 saturated heterocycles. The number of ether oxygens (including phenoxy) is 2. The molecule has 0 aromatic rings. The zero-order valence-corrected chi connectivity index (χ0v) is 13.8. The lowest BCUT2D eigenvalue weighted by molar-refractivity contribution is -0.157. The molecule has 0 aromatic carbocycles. The maximum Gasteiger partial charge on any atom is 0.338 e. The summed E-state index contributed by atoms with van der Waals surface area (Å²) in [6.45, 7) is 6.77. The van der Waals surface area contributed by atoms with E-state index < -0.39 is 0 Å². The first kappa shape index (κ1) is 15.3. The maximum atomic E-state index is 12.5. The van der Waals surface area contributed by atoms with Crippen LogP contribution in [0, 0.1) is 17.8 Å². The van der Waals surface area contributed by atoms with E-state index in [0.717, 1.165) is 19.3 Å². The number of hydrogen-bond donors (Lipinski definition) is 0. The summed E-state index contributed by atoms with van der Waals surface area (Å²) in [5, 5.41) is 0. The van der Waals surface area contributed by atoms with Crippen molar-refractivity contribution < 1.29 is 14.3 Å². The number of epoxide rings is 1. The first-order valence-corrected chi connectivity index (χ1v) is 8.90. The average molecular weight is 294 g/mol. The van der Waals surface area contributed by atoms with Crippen molar-refractivity contribution in [2.24, 2.45) is 17.8 Å². The smallest absolute Gasteiger partial charge is 0.338 e. The molecule has 0 amide bonds. The third-order valence-corrected chi connectivity index (χ3v) is 5.92. The maximum absolute atomic E-state index is 12.5. The summed E-state index contributed by atoms with van der Waals surface area (Å²) in [4.78, 5) is 12.5. The number of carbonyl (C=O) groups excluding carboxylic acids is 1. The normalized spacial score (nSPS) is 38.5. The molecule has 21 heavy (non-hydrogen) atoms. The molecule has 3 aliphatic rings. The van der Waals surface area contributed by atoms with Gasteiger partial charge in [0.2, 0.25) is 0 Å². The molecule has 1 aliphatic heterocycles. The van der Waals surface area contributed by atoms with Crippen LogP contribution in [-0.2, 0) is 14.3 Å². The van der Waals surface area contributed by atoms with Gasteiger partial charge in [-0.15, -0.1) is 0 Å². The number of rotatable bonds is 3. The lowest BCUT2D eigenvalue weighted by Gasteiger charge is -2.36. The van der Waals surface area contributed by atoms with Crippen molar-refractivity contribution in [3.05, 3.63) is 0 Å². The van der Waals surface area contributed by atoms with Gasteiger partial charge in [-0.25, -0.2) is 4.79 Å². The monoisotopic (exact) mass is 294 g/mol. The Hall–Kier alpha value is -0.570. The topological polar surface area (TPSA) is 38.8 Å². The van der Waals surface area contributed by atoms with Crippen LogP contribution in [0.4, 0.5) is 0 Å². The molecule has 0 N–H and O–H groups in total. The number of carbonyl (C=O) groups is 1. The van der Waals surface area contributed by atoms with Crippen LogP contribution in [0.2, 0.25) is 0 Å². The van der Waals surface area contributed by atoms with Crippen molar-refractivity contribution >= 4 is 5.97 Å². The Balaban J connectivity index is 1.58. The Kier molecular flexibility index (Phi) is 4.31. The second-order valence-corrected chi connectivity index (χ2v) is 7.92. The second kappa shape index (κ2) is 5.91. The molecule has 2 aliphatic carbocycles. The van der Waals surface area contributed by atoms with E-state index in [4.69, 9.17) is 9.47 Å². The molecule has 0 radical (unpaired) electrons. The van der Waals surface area contributed by atoms with E-state index in [1.165, 1.54) is 32.1 Å². The van der Waals surface area contributed by atoms with Gasteiger partial charge in [-0.2, -0.15) is 0 Å². The SMILES string of the molecule is CC(C)[C@@H]1CC[C@@H](C)C[C@H]1OC(=O)[C@@H]1OC12CCCCC2. The van der Waals surface area contributed by atoms with E-state index in [0.29, 0.717) is 17.8 Å². The van der Waals surface area contributed by atoms with Gasteiger partial charge in [0, 0.05) is 0 Å². The van der Waals surface area contributed by atoms with Crippen LogP contribution in [0.3, 0.4) is 0 Å². The number of hydrogen-bond acceptors (Lipinski definition) is 3. The van der Waals surface area contributed by atoms with Crippen LogP contribution < -0.4 is 0 Å². The van der Waals surface area contributed by atoms with Crippen LogP contribution in [-0.4, -0.2) is 23.8 Å². The summed E-state index contributed by atoms with van der Waals surface area (Å²) in [7, 11) is 0. The van der Waals surface area contributed by atoms with E-state index in [1.54, 1.807) is 0 Å². The lowest BCUT2D eigenvalue weighted by Crippen LogP contribution is -2.37. The van der Waals surface area contributed by atoms with Crippen LogP contribution >= 0.6 is 0 Å². The van der Waals surface area contributed by atoms with Gasteiger partial charge in [0.05, 0.1) is 0 Å². The minimum atomic E-state index is -0.261. The van der Waals surface area contributed by atoms with E-state index in [9.17, 15) is 4.79 Å². The van der Waals surface area contributed by atoms with Crippen LogP contribution in [0.25, 0.3) is 0 Å². The fourth-order valence-corrected chi connectivity index (χ4v) is 4.46. The van der Waals surface area contributed by atoms with E-state index in [1.807, 2.05) is 0 Å².